The van der Waals surface area contributed by atoms with Gasteiger partial charge in [-0.05, 0) is 43.3 Å². The number of benzene rings is 2. The van der Waals surface area contributed by atoms with Crippen LogP contribution in [0.2, 0.25) is 0 Å². The Hall–Kier alpha value is -3.49. The van der Waals surface area contributed by atoms with E-state index in [0.29, 0.717) is 53.0 Å². The summed E-state index contributed by atoms with van der Waals surface area (Å²) in [5.74, 6) is 0.150. The zero-order valence-corrected chi connectivity index (χ0v) is 16.4. The van der Waals surface area contributed by atoms with Crippen molar-refractivity contribution in [1.29, 1.82) is 0 Å². The SMILES string of the molecule is C=C1NC(Nc2nc3ccccc3o2)=NC=C1c1ccc(CNCCCN)c(F)c1. The molecule has 0 unspecified atom stereocenters. The molecular formula is C22H23FN6O. The van der Waals surface area contributed by atoms with Crippen LogP contribution >= 0.6 is 0 Å². The minimum atomic E-state index is -0.277. The molecule has 0 spiro atoms. The smallest absolute Gasteiger partial charge is 0.302 e. The molecule has 0 atom stereocenters. The number of hydrogen-bond donors (Lipinski definition) is 4. The molecule has 0 bridgehead atoms. The van der Waals surface area contributed by atoms with Crippen LogP contribution in [0.15, 0.2) is 70.4 Å². The number of allylic oxidation sites excluding steroid dienone is 1. The number of oxazole rings is 1. The first-order valence-electron chi connectivity index (χ1n) is 9.70. The van der Waals surface area contributed by atoms with Crippen LogP contribution in [0.25, 0.3) is 16.7 Å². The van der Waals surface area contributed by atoms with Crippen molar-refractivity contribution in [2.75, 3.05) is 18.4 Å². The first-order valence-corrected chi connectivity index (χ1v) is 9.70. The second kappa shape index (κ2) is 8.89. The highest BCUT2D eigenvalue weighted by Gasteiger charge is 2.16. The summed E-state index contributed by atoms with van der Waals surface area (Å²) in [4.78, 5) is 8.71. The molecule has 4 rings (SSSR count). The van der Waals surface area contributed by atoms with Crippen molar-refractivity contribution in [3.8, 4) is 0 Å². The van der Waals surface area contributed by atoms with Crippen molar-refractivity contribution in [2.24, 2.45) is 10.7 Å². The summed E-state index contributed by atoms with van der Waals surface area (Å²) in [5, 5.41) is 9.24. The lowest BCUT2D eigenvalue weighted by Crippen LogP contribution is -2.32. The predicted octanol–water partition coefficient (Wildman–Crippen LogP) is 3.33. The molecule has 3 aromatic rings. The number of nitrogens with two attached hydrogens (primary N) is 1. The second-order valence-corrected chi connectivity index (χ2v) is 6.86. The topological polar surface area (TPSA) is 100 Å². The van der Waals surface area contributed by atoms with E-state index >= 15 is 0 Å². The average molecular weight is 406 g/mol. The van der Waals surface area contributed by atoms with Gasteiger partial charge in [0.1, 0.15) is 11.3 Å². The van der Waals surface area contributed by atoms with Crippen LogP contribution in [0.4, 0.5) is 10.4 Å². The molecule has 0 saturated carbocycles. The molecule has 0 radical (unpaired) electrons. The minimum absolute atomic E-state index is 0.277. The Morgan fingerprint density at radius 2 is 2.07 bits per heavy atom. The lowest BCUT2D eigenvalue weighted by atomic mass is 10.0. The number of nitrogens with one attached hydrogen (secondary N) is 3. The van der Waals surface area contributed by atoms with Gasteiger partial charge in [-0.15, -0.1) is 0 Å². The van der Waals surface area contributed by atoms with Gasteiger partial charge in [0.15, 0.2) is 5.58 Å². The lowest BCUT2D eigenvalue weighted by molar-refractivity contribution is 0.583. The molecule has 30 heavy (non-hydrogen) atoms. The number of rotatable bonds is 7. The third-order valence-corrected chi connectivity index (χ3v) is 4.67. The summed E-state index contributed by atoms with van der Waals surface area (Å²) >= 11 is 0. The summed E-state index contributed by atoms with van der Waals surface area (Å²) < 4.78 is 20.1. The molecule has 1 aromatic heterocycles. The van der Waals surface area contributed by atoms with Gasteiger partial charge in [0.05, 0.1) is 0 Å². The lowest BCUT2D eigenvalue weighted by Gasteiger charge is -2.19. The fourth-order valence-electron chi connectivity index (χ4n) is 3.10. The quantitative estimate of drug-likeness (QED) is 0.449. The highest BCUT2D eigenvalue weighted by atomic mass is 19.1. The third-order valence-electron chi connectivity index (χ3n) is 4.67. The second-order valence-electron chi connectivity index (χ2n) is 6.86. The van der Waals surface area contributed by atoms with E-state index in [1.807, 2.05) is 30.3 Å². The standard InChI is InChI=1S/C22H23FN6O/c1-14-17(15-7-8-16(18(23)11-15)12-25-10-4-9-24)13-26-21(27-14)29-22-28-19-5-2-3-6-20(19)30-22/h2-3,5-8,11,13,25H,1,4,9-10,12,24H2,(H2,26,27,28,29). The van der Waals surface area contributed by atoms with Crippen LogP contribution in [0, 0.1) is 5.82 Å². The maximum absolute atomic E-state index is 14.5. The predicted molar refractivity (Wildman–Crippen MR) is 117 cm³/mol. The first kappa shape index (κ1) is 19.8. The molecule has 7 nitrogen and oxygen atoms in total. The van der Waals surface area contributed by atoms with Gasteiger partial charge in [0.25, 0.3) is 0 Å². The van der Waals surface area contributed by atoms with E-state index in [0.717, 1.165) is 18.5 Å². The molecule has 0 saturated heterocycles. The van der Waals surface area contributed by atoms with Crippen molar-refractivity contribution < 1.29 is 8.81 Å². The van der Waals surface area contributed by atoms with Gasteiger partial charge in [0, 0.05) is 29.6 Å². The molecule has 8 heteroatoms. The molecule has 0 aliphatic carbocycles. The van der Waals surface area contributed by atoms with Gasteiger partial charge in [-0.3, -0.25) is 5.32 Å². The molecule has 154 valence electrons. The molecular weight excluding hydrogens is 383 g/mol. The van der Waals surface area contributed by atoms with Gasteiger partial charge in [-0.25, -0.2) is 9.38 Å². The Morgan fingerprint density at radius 3 is 2.83 bits per heavy atom. The summed E-state index contributed by atoms with van der Waals surface area (Å²) in [7, 11) is 0. The van der Waals surface area contributed by atoms with E-state index in [-0.39, 0.29) is 5.82 Å². The Bertz CT molecular complexity index is 1100. The first-order chi connectivity index (χ1) is 14.6. The summed E-state index contributed by atoms with van der Waals surface area (Å²) in [5.41, 5.74) is 9.50. The summed E-state index contributed by atoms with van der Waals surface area (Å²) in [6.45, 7) is 5.86. The van der Waals surface area contributed by atoms with Gasteiger partial charge in [0.2, 0.25) is 5.96 Å². The van der Waals surface area contributed by atoms with Crippen LogP contribution in [-0.2, 0) is 6.54 Å². The van der Waals surface area contributed by atoms with E-state index in [2.05, 4.69) is 32.5 Å². The fourth-order valence-corrected chi connectivity index (χ4v) is 3.10. The average Bonchev–Trinajstić information content (AvgIpc) is 3.14. The number of fused-ring (bicyclic) bond motifs is 1. The van der Waals surface area contributed by atoms with Crippen LogP contribution < -0.4 is 21.7 Å². The third kappa shape index (κ3) is 4.40. The molecule has 1 aliphatic heterocycles. The monoisotopic (exact) mass is 406 g/mol. The molecule has 0 fully saturated rings. The summed E-state index contributed by atoms with van der Waals surface area (Å²) in [6, 6.07) is 12.9. The molecule has 2 aromatic carbocycles. The van der Waals surface area contributed by atoms with Crippen molar-refractivity contribution >= 4 is 28.6 Å². The van der Waals surface area contributed by atoms with Crippen LogP contribution in [0.5, 0.6) is 0 Å². The zero-order chi connectivity index (χ0) is 20.9. The van der Waals surface area contributed by atoms with Crippen LogP contribution in [-0.4, -0.2) is 24.0 Å². The van der Waals surface area contributed by atoms with E-state index < -0.39 is 0 Å². The van der Waals surface area contributed by atoms with Crippen molar-refractivity contribution in [1.82, 2.24) is 15.6 Å². The molecule has 5 N–H and O–H groups in total. The number of nitrogens with zero attached hydrogens (tertiary/aromatic N) is 2. The van der Waals surface area contributed by atoms with E-state index in [9.17, 15) is 4.39 Å². The van der Waals surface area contributed by atoms with Gasteiger partial charge < -0.3 is 20.8 Å². The van der Waals surface area contributed by atoms with Gasteiger partial charge in [-0.1, -0.05) is 30.8 Å². The number of halogens is 1. The minimum Gasteiger partial charge on any atom is -0.423 e. The summed E-state index contributed by atoms with van der Waals surface area (Å²) in [6.07, 6.45) is 2.49. The highest BCUT2D eigenvalue weighted by molar-refractivity contribution is 5.99. The Kier molecular flexibility index (Phi) is 5.87. The van der Waals surface area contributed by atoms with Crippen LogP contribution in [0.3, 0.4) is 0 Å². The number of para-hydroxylation sites is 2. The fraction of sp³-hybridized carbons (Fsp3) is 0.182. The Morgan fingerprint density at radius 1 is 1.20 bits per heavy atom. The zero-order valence-electron chi connectivity index (χ0n) is 16.4. The van der Waals surface area contributed by atoms with Crippen molar-refractivity contribution in [2.45, 2.75) is 13.0 Å². The number of anilines is 1. The number of guanidine groups is 1. The molecule has 1 aliphatic rings. The Balaban J connectivity index is 1.47. The number of aliphatic imine (C=N–C) groups is 1. The normalized spacial score (nSPS) is 13.7. The van der Waals surface area contributed by atoms with Crippen molar-refractivity contribution in [3.05, 3.63) is 77.9 Å². The maximum atomic E-state index is 14.5. The number of hydrogen-bond acceptors (Lipinski definition) is 7. The van der Waals surface area contributed by atoms with E-state index in [4.69, 9.17) is 10.2 Å². The van der Waals surface area contributed by atoms with Gasteiger partial charge in [-0.2, -0.15) is 4.98 Å². The van der Waals surface area contributed by atoms with E-state index in [1.165, 1.54) is 6.07 Å². The van der Waals surface area contributed by atoms with Crippen LogP contribution in [0.1, 0.15) is 17.5 Å². The van der Waals surface area contributed by atoms with E-state index in [1.54, 1.807) is 12.3 Å². The molecule has 0 amide bonds. The van der Waals surface area contributed by atoms with Crippen molar-refractivity contribution in [3.63, 3.8) is 0 Å². The Labute approximate surface area is 173 Å². The van der Waals surface area contributed by atoms with Gasteiger partial charge >= 0.3 is 6.01 Å². The largest absolute Gasteiger partial charge is 0.423 e. The molecule has 2 heterocycles. The number of aromatic nitrogens is 1. The maximum Gasteiger partial charge on any atom is 0.302 e. The highest BCUT2D eigenvalue weighted by Crippen LogP contribution is 2.25.